The average Bonchev–Trinajstić information content (AvgIpc) is 2.80. The summed E-state index contributed by atoms with van der Waals surface area (Å²) in [6.07, 6.45) is 1.41. The molecule has 3 rings (SSSR count). The Hall–Kier alpha value is -0.865. The van der Waals surface area contributed by atoms with E-state index in [4.69, 9.17) is 11.6 Å². The van der Waals surface area contributed by atoms with E-state index in [1.54, 1.807) is 18.2 Å². The van der Waals surface area contributed by atoms with E-state index in [0.29, 0.717) is 14.7 Å². The predicted octanol–water partition coefficient (Wildman–Crippen LogP) is 2.20. The van der Waals surface area contributed by atoms with Gasteiger partial charge in [0, 0.05) is 4.88 Å². The quantitative estimate of drug-likeness (QED) is 0.759. The van der Waals surface area contributed by atoms with Crippen molar-refractivity contribution in [3.8, 4) is 0 Å². The number of hydrazone groups is 1. The lowest BCUT2D eigenvalue weighted by molar-refractivity contribution is 0.476. The Bertz CT molecular complexity index is 884. The maximum absolute atomic E-state index is 12.7. The first-order valence-electron chi connectivity index (χ1n) is 6.12. The normalized spacial score (nSPS) is 14.4. The molecule has 114 valence electrons. The molecular weight excluding hydrogens is 410 g/mol. The summed E-state index contributed by atoms with van der Waals surface area (Å²) in [7, 11) is -5.43. The largest absolute Gasteiger partial charge is 0.485 e. The first-order chi connectivity index (χ1) is 10.3. The SMILES string of the molecule is Cc1ccc(S(=O)(=O)N2N=Cc3sc(Br)cc3B2O)c(Cl)c1. The summed E-state index contributed by atoms with van der Waals surface area (Å²) in [5.74, 6) is 0. The number of rotatable bonds is 2. The molecule has 22 heavy (non-hydrogen) atoms. The second-order valence-electron chi connectivity index (χ2n) is 4.70. The van der Waals surface area contributed by atoms with Crippen LogP contribution in [0.4, 0.5) is 0 Å². The highest BCUT2D eigenvalue weighted by Crippen LogP contribution is 2.29. The number of benzene rings is 1. The van der Waals surface area contributed by atoms with Crippen LogP contribution in [0.25, 0.3) is 0 Å². The Labute approximate surface area is 145 Å². The van der Waals surface area contributed by atoms with Crippen molar-refractivity contribution in [3.63, 3.8) is 0 Å². The number of aryl methyl sites for hydroxylation is 1. The maximum Gasteiger partial charge on any atom is 0.485 e. The van der Waals surface area contributed by atoms with Crippen LogP contribution in [-0.2, 0) is 10.0 Å². The van der Waals surface area contributed by atoms with Gasteiger partial charge in [0.15, 0.2) is 0 Å². The molecule has 5 nitrogen and oxygen atoms in total. The lowest BCUT2D eigenvalue weighted by Crippen LogP contribution is -2.51. The third-order valence-corrected chi connectivity index (χ3v) is 6.86. The number of hydrogen-bond donors (Lipinski definition) is 1. The zero-order valence-electron chi connectivity index (χ0n) is 11.2. The van der Waals surface area contributed by atoms with E-state index < -0.39 is 17.1 Å². The zero-order valence-corrected chi connectivity index (χ0v) is 15.2. The molecule has 1 aliphatic heterocycles. The van der Waals surface area contributed by atoms with E-state index in [1.165, 1.54) is 23.6 Å². The molecule has 1 N–H and O–H groups in total. The number of fused-ring (bicyclic) bond motifs is 1. The third kappa shape index (κ3) is 2.61. The number of thiophene rings is 1. The standard InChI is InChI=1S/C12H9BBrClN2O3S2/c1-7-2-3-11(9(15)4-7)22(19,20)17-13(18)8-5-12(14)21-10(8)6-16-17/h2-6,18H,1H3. The van der Waals surface area contributed by atoms with E-state index in [-0.39, 0.29) is 9.92 Å². The molecule has 0 radical (unpaired) electrons. The highest BCUT2D eigenvalue weighted by Gasteiger charge is 2.40. The minimum Gasteiger partial charge on any atom is -0.427 e. The summed E-state index contributed by atoms with van der Waals surface area (Å²) in [4.78, 5) is 0.620. The summed E-state index contributed by atoms with van der Waals surface area (Å²) in [5, 5.41) is 14.3. The molecule has 2 heterocycles. The fraction of sp³-hybridized carbons (Fsp3) is 0.0833. The molecular formula is C12H9BBrClN2O3S2. The smallest absolute Gasteiger partial charge is 0.427 e. The van der Waals surface area contributed by atoms with Crippen molar-refractivity contribution >= 4 is 67.6 Å². The van der Waals surface area contributed by atoms with Crippen LogP contribution >= 0.6 is 38.9 Å². The van der Waals surface area contributed by atoms with Gasteiger partial charge in [0.2, 0.25) is 0 Å². The molecule has 0 spiro atoms. The van der Waals surface area contributed by atoms with Gasteiger partial charge in [0.05, 0.1) is 15.0 Å². The molecule has 0 atom stereocenters. The maximum atomic E-state index is 12.7. The number of nitrogens with zero attached hydrogens (tertiary/aromatic N) is 2. The molecule has 0 amide bonds. The monoisotopic (exact) mass is 418 g/mol. The van der Waals surface area contributed by atoms with Gasteiger partial charge in [-0.2, -0.15) is 9.43 Å². The molecule has 2 aromatic rings. The fourth-order valence-electron chi connectivity index (χ4n) is 2.09. The highest BCUT2D eigenvalue weighted by atomic mass is 79.9. The van der Waals surface area contributed by atoms with Crippen molar-refractivity contribution in [1.29, 1.82) is 0 Å². The van der Waals surface area contributed by atoms with E-state index >= 15 is 0 Å². The van der Waals surface area contributed by atoms with Gasteiger partial charge in [-0.25, -0.2) is 8.42 Å². The summed E-state index contributed by atoms with van der Waals surface area (Å²) in [5.41, 5.74) is 1.33. The lowest BCUT2D eigenvalue weighted by Gasteiger charge is -2.24. The van der Waals surface area contributed by atoms with E-state index in [0.717, 1.165) is 9.35 Å². The lowest BCUT2D eigenvalue weighted by atomic mass is 9.75. The van der Waals surface area contributed by atoms with Crippen molar-refractivity contribution < 1.29 is 13.4 Å². The molecule has 0 unspecified atom stereocenters. The molecule has 1 aromatic heterocycles. The Morgan fingerprint density at radius 3 is 2.82 bits per heavy atom. The van der Waals surface area contributed by atoms with Crippen molar-refractivity contribution in [2.24, 2.45) is 5.10 Å². The topological polar surface area (TPSA) is 70.0 Å². The van der Waals surface area contributed by atoms with Gasteiger partial charge in [0.1, 0.15) is 4.90 Å². The van der Waals surface area contributed by atoms with Crippen molar-refractivity contribution in [2.75, 3.05) is 0 Å². The predicted molar refractivity (Wildman–Crippen MR) is 92.4 cm³/mol. The van der Waals surface area contributed by atoms with Gasteiger partial charge in [0.25, 0.3) is 10.0 Å². The van der Waals surface area contributed by atoms with Gasteiger partial charge < -0.3 is 5.02 Å². The molecule has 0 saturated heterocycles. The second-order valence-corrected chi connectivity index (χ2v) is 9.33. The molecule has 0 aliphatic carbocycles. The average molecular weight is 420 g/mol. The van der Waals surface area contributed by atoms with Crippen LogP contribution in [0, 0.1) is 6.92 Å². The first-order valence-corrected chi connectivity index (χ1v) is 9.55. The number of sulfonamides is 1. The summed E-state index contributed by atoms with van der Waals surface area (Å²) in [6, 6.07) is 6.29. The van der Waals surface area contributed by atoms with Gasteiger partial charge in [-0.15, -0.1) is 11.3 Å². The molecule has 1 aliphatic rings. The van der Waals surface area contributed by atoms with Crippen molar-refractivity contribution in [3.05, 3.63) is 43.5 Å². The van der Waals surface area contributed by atoms with Gasteiger partial charge in [-0.05, 0) is 52.1 Å². The third-order valence-electron chi connectivity index (χ3n) is 3.15. The summed E-state index contributed by atoms with van der Waals surface area (Å²) >= 11 is 10.7. The summed E-state index contributed by atoms with van der Waals surface area (Å²) < 4.78 is 26.9. The van der Waals surface area contributed by atoms with Crippen LogP contribution in [0.2, 0.25) is 5.02 Å². The minimum absolute atomic E-state index is 0.0892. The van der Waals surface area contributed by atoms with Crippen LogP contribution < -0.4 is 5.46 Å². The summed E-state index contributed by atoms with van der Waals surface area (Å²) in [6.45, 7) is 1.81. The van der Waals surface area contributed by atoms with Crippen LogP contribution in [0.5, 0.6) is 0 Å². The number of hydrogen-bond acceptors (Lipinski definition) is 5. The van der Waals surface area contributed by atoms with Crippen LogP contribution in [-0.4, -0.2) is 31.0 Å². The van der Waals surface area contributed by atoms with Gasteiger partial charge >= 0.3 is 7.05 Å². The minimum atomic E-state index is -4.05. The number of halogens is 2. The molecule has 0 saturated carbocycles. The van der Waals surface area contributed by atoms with E-state index in [2.05, 4.69) is 21.0 Å². The van der Waals surface area contributed by atoms with Crippen molar-refractivity contribution in [2.45, 2.75) is 11.8 Å². The Balaban J connectivity index is 2.07. The zero-order chi connectivity index (χ0) is 16.1. The molecule has 0 fully saturated rings. The van der Waals surface area contributed by atoms with E-state index in [1.807, 2.05) is 6.92 Å². The van der Waals surface area contributed by atoms with Crippen LogP contribution in [0.1, 0.15) is 10.4 Å². The highest BCUT2D eigenvalue weighted by molar-refractivity contribution is 9.11. The van der Waals surface area contributed by atoms with Gasteiger partial charge in [-0.3, -0.25) is 0 Å². The first kappa shape index (κ1) is 16.0. The Kier molecular flexibility index (Phi) is 4.11. The molecule has 1 aromatic carbocycles. The Morgan fingerprint density at radius 2 is 2.14 bits per heavy atom. The Morgan fingerprint density at radius 1 is 1.41 bits per heavy atom. The molecule has 10 heteroatoms. The van der Waals surface area contributed by atoms with Crippen molar-refractivity contribution in [1.82, 2.24) is 4.33 Å². The second kappa shape index (κ2) is 5.65. The fourth-order valence-corrected chi connectivity index (χ4v) is 5.46. The van der Waals surface area contributed by atoms with Gasteiger partial charge in [-0.1, -0.05) is 17.7 Å². The molecule has 0 bridgehead atoms. The van der Waals surface area contributed by atoms with Crippen LogP contribution in [0.3, 0.4) is 0 Å². The van der Waals surface area contributed by atoms with Crippen LogP contribution in [0.15, 0.2) is 38.0 Å². The van der Waals surface area contributed by atoms with E-state index in [9.17, 15) is 13.4 Å².